The second-order valence-corrected chi connectivity index (χ2v) is 4.56. The molecule has 0 aromatic heterocycles. The Morgan fingerprint density at radius 1 is 1.39 bits per heavy atom. The van der Waals surface area contributed by atoms with Crippen molar-refractivity contribution in [2.24, 2.45) is 5.92 Å². The summed E-state index contributed by atoms with van der Waals surface area (Å²) in [5.74, 6) is 2.11. The highest BCUT2D eigenvalue weighted by atomic mass is 16.5. The third kappa shape index (κ3) is 3.37. The van der Waals surface area contributed by atoms with Crippen molar-refractivity contribution < 1.29 is 14.2 Å². The average Bonchev–Trinajstić information content (AvgIpc) is 2.90. The Balaban J connectivity index is 1.97. The predicted octanol–water partition coefficient (Wildman–Crippen LogP) is 1.83. The molecule has 0 bridgehead atoms. The van der Waals surface area contributed by atoms with Crippen LogP contribution in [-0.2, 0) is 11.3 Å². The van der Waals surface area contributed by atoms with Gasteiger partial charge in [-0.05, 0) is 31.2 Å². The molecule has 1 unspecified atom stereocenters. The molecular formula is C14H21NO3. The van der Waals surface area contributed by atoms with E-state index in [2.05, 4.69) is 11.4 Å². The van der Waals surface area contributed by atoms with E-state index in [9.17, 15) is 0 Å². The molecule has 18 heavy (non-hydrogen) atoms. The van der Waals surface area contributed by atoms with Gasteiger partial charge in [0.05, 0.1) is 20.3 Å². The molecule has 2 rings (SSSR count). The van der Waals surface area contributed by atoms with Gasteiger partial charge in [-0.15, -0.1) is 0 Å². The Morgan fingerprint density at radius 2 is 2.28 bits per heavy atom. The van der Waals surface area contributed by atoms with Gasteiger partial charge in [-0.3, -0.25) is 0 Å². The molecule has 0 amide bonds. The van der Waals surface area contributed by atoms with Crippen molar-refractivity contribution >= 4 is 0 Å². The van der Waals surface area contributed by atoms with Crippen LogP contribution in [0.3, 0.4) is 0 Å². The fraction of sp³-hybridized carbons (Fsp3) is 0.571. The van der Waals surface area contributed by atoms with E-state index in [0.717, 1.165) is 37.7 Å². The van der Waals surface area contributed by atoms with Crippen molar-refractivity contribution in [2.75, 3.05) is 34.0 Å². The van der Waals surface area contributed by atoms with Gasteiger partial charge in [0.1, 0.15) is 0 Å². The molecule has 0 aliphatic carbocycles. The van der Waals surface area contributed by atoms with Crippen molar-refractivity contribution in [3.63, 3.8) is 0 Å². The van der Waals surface area contributed by atoms with Crippen LogP contribution in [0.5, 0.6) is 11.5 Å². The van der Waals surface area contributed by atoms with E-state index in [1.807, 2.05) is 19.2 Å². The fourth-order valence-corrected chi connectivity index (χ4v) is 2.07. The zero-order valence-corrected chi connectivity index (χ0v) is 11.1. The van der Waals surface area contributed by atoms with Gasteiger partial charge < -0.3 is 19.5 Å². The second kappa shape index (κ2) is 6.61. The van der Waals surface area contributed by atoms with Crippen molar-refractivity contribution in [3.8, 4) is 11.5 Å². The Kier molecular flexibility index (Phi) is 4.84. The number of rotatable bonds is 6. The first kappa shape index (κ1) is 13.2. The number of ether oxygens (including phenoxy) is 3. The van der Waals surface area contributed by atoms with Gasteiger partial charge in [0, 0.05) is 19.1 Å². The summed E-state index contributed by atoms with van der Waals surface area (Å²) in [6, 6.07) is 6.04. The smallest absolute Gasteiger partial charge is 0.161 e. The zero-order valence-electron chi connectivity index (χ0n) is 11.1. The third-order valence-corrected chi connectivity index (χ3v) is 3.11. The van der Waals surface area contributed by atoms with E-state index in [1.54, 1.807) is 7.11 Å². The number of methoxy groups -OCH3 is 1. The highest BCUT2D eigenvalue weighted by molar-refractivity contribution is 5.42. The number of benzene rings is 1. The zero-order chi connectivity index (χ0) is 12.8. The molecule has 1 heterocycles. The largest absolute Gasteiger partial charge is 0.493 e. The molecule has 0 spiro atoms. The van der Waals surface area contributed by atoms with E-state index < -0.39 is 0 Å². The fourth-order valence-electron chi connectivity index (χ4n) is 2.07. The minimum atomic E-state index is 0.506. The van der Waals surface area contributed by atoms with E-state index in [4.69, 9.17) is 14.2 Å². The first-order valence-electron chi connectivity index (χ1n) is 6.35. The van der Waals surface area contributed by atoms with Crippen LogP contribution < -0.4 is 14.8 Å². The average molecular weight is 251 g/mol. The molecule has 0 radical (unpaired) electrons. The molecule has 0 saturated carbocycles. The minimum Gasteiger partial charge on any atom is -0.493 e. The first-order valence-corrected chi connectivity index (χ1v) is 6.35. The van der Waals surface area contributed by atoms with Crippen LogP contribution in [0.25, 0.3) is 0 Å². The second-order valence-electron chi connectivity index (χ2n) is 4.56. The van der Waals surface area contributed by atoms with Gasteiger partial charge in [0.25, 0.3) is 0 Å². The van der Waals surface area contributed by atoms with Gasteiger partial charge in [-0.2, -0.15) is 0 Å². The Morgan fingerprint density at radius 3 is 2.94 bits per heavy atom. The summed E-state index contributed by atoms with van der Waals surface area (Å²) in [6.45, 7) is 3.18. The normalized spacial score (nSPS) is 18.9. The third-order valence-electron chi connectivity index (χ3n) is 3.11. The van der Waals surface area contributed by atoms with Gasteiger partial charge in [0.15, 0.2) is 11.5 Å². The SMILES string of the molecule is CNCc1ccc(OCC2CCOC2)c(OC)c1. The summed E-state index contributed by atoms with van der Waals surface area (Å²) in [5.41, 5.74) is 1.19. The van der Waals surface area contributed by atoms with Crippen LogP contribution in [0, 0.1) is 5.92 Å². The number of hydrogen-bond acceptors (Lipinski definition) is 4. The summed E-state index contributed by atoms with van der Waals surface area (Å²) in [4.78, 5) is 0. The van der Waals surface area contributed by atoms with Crippen LogP contribution in [0.1, 0.15) is 12.0 Å². The maximum absolute atomic E-state index is 5.82. The van der Waals surface area contributed by atoms with Crippen molar-refractivity contribution in [1.82, 2.24) is 5.32 Å². The summed E-state index contributed by atoms with van der Waals surface area (Å²) >= 11 is 0. The lowest BCUT2D eigenvalue weighted by Crippen LogP contribution is -2.12. The standard InChI is InChI=1S/C14H21NO3/c1-15-8-11-3-4-13(14(7-11)16-2)18-10-12-5-6-17-9-12/h3-4,7,12,15H,5-6,8-10H2,1-2H3. The summed E-state index contributed by atoms with van der Waals surface area (Å²) in [6.07, 6.45) is 1.08. The van der Waals surface area contributed by atoms with E-state index >= 15 is 0 Å². The quantitative estimate of drug-likeness (QED) is 0.837. The summed E-state index contributed by atoms with van der Waals surface area (Å²) in [5, 5.41) is 3.12. The molecule has 1 saturated heterocycles. The lowest BCUT2D eigenvalue weighted by molar-refractivity contribution is 0.165. The molecular weight excluding hydrogens is 230 g/mol. The lowest BCUT2D eigenvalue weighted by Gasteiger charge is -2.14. The van der Waals surface area contributed by atoms with E-state index in [1.165, 1.54) is 5.56 Å². The van der Waals surface area contributed by atoms with Crippen LogP contribution >= 0.6 is 0 Å². The maximum Gasteiger partial charge on any atom is 0.161 e. The van der Waals surface area contributed by atoms with Crippen molar-refractivity contribution in [3.05, 3.63) is 23.8 Å². The van der Waals surface area contributed by atoms with Crippen molar-refractivity contribution in [2.45, 2.75) is 13.0 Å². The Bertz CT molecular complexity index is 375. The van der Waals surface area contributed by atoms with E-state index in [-0.39, 0.29) is 0 Å². The van der Waals surface area contributed by atoms with Gasteiger partial charge in [-0.1, -0.05) is 6.07 Å². The molecule has 4 nitrogen and oxygen atoms in total. The topological polar surface area (TPSA) is 39.7 Å². The minimum absolute atomic E-state index is 0.506. The highest BCUT2D eigenvalue weighted by Gasteiger charge is 2.17. The number of nitrogens with one attached hydrogen (secondary N) is 1. The van der Waals surface area contributed by atoms with Gasteiger partial charge >= 0.3 is 0 Å². The monoisotopic (exact) mass is 251 g/mol. The van der Waals surface area contributed by atoms with Crippen LogP contribution in [0.2, 0.25) is 0 Å². The van der Waals surface area contributed by atoms with Gasteiger partial charge in [-0.25, -0.2) is 0 Å². The van der Waals surface area contributed by atoms with Gasteiger partial charge in [0.2, 0.25) is 0 Å². The van der Waals surface area contributed by atoms with Crippen LogP contribution in [0.4, 0.5) is 0 Å². The number of hydrogen-bond donors (Lipinski definition) is 1. The molecule has 4 heteroatoms. The Labute approximate surface area is 108 Å². The molecule has 1 aliphatic heterocycles. The van der Waals surface area contributed by atoms with Crippen LogP contribution in [-0.4, -0.2) is 34.0 Å². The van der Waals surface area contributed by atoms with Crippen LogP contribution in [0.15, 0.2) is 18.2 Å². The first-order chi connectivity index (χ1) is 8.83. The molecule has 1 atom stereocenters. The molecule has 1 N–H and O–H groups in total. The lowest BCUT2D eigenvalue weighted by atomic mass is 10.1. The van der Waals surface area contributed by atoms with Crippen molar-refractivity contribution in [1.29, 1.82) is 0 Å². The molecule has 1 aliphatic rings. The summed E-state index contributed by atoms with van der Waals surface area (Å²) in [7, 11) is 3.60. The molecule has 1 fully saturated rings. The molecule has 1 aromatic carbocycles. The van der Waals surface area contributed by atoms with E-state index in [0.29, 0.717) is 12.5 Å². The molecule has 1 aromatic rings. The predicted molar refractivity (Wildman–Crippen MR) is 70.2 cm³/mol. The molecule has 100 valence electrons. The maximum atomic E-state index is 5.82. The highest BCUT2D eigenvalue weighted by Crippen LogP contribution is 2.29. The Hall–Kier alpha value is -1.26. The summed E-state index contributed by atoms with van der Waals surface area (Å²) < 4.78 is 16.5.